The summed E-state index contributed by atoms with van der Waals surface area (Å²) < 4.78 is 5.04. The first kappa shape index (κ1) is 27.1. The Morgan fingerprint density at radius 2 is 1.00 bits per heavy atom. The molecule has 0 aliphatic heterocycles. The lowest BCUT2D eigenvalue weighted by Gasteiger charge is -2.04. The lowest BCUT2D eigenvalue weighted by molar-refractivity contribution is -0.144. The largest absolute Gasteiger partial charge is 0.481 e. The second-order valence-corrected chi connectivity index (χ2v) is 6.23. The van der Waals surface area contributed by atoms with Crippen LogP contribution in [0.15, 0.2) is 0 Å². The van der Waals surface area contributed by atoms with E-state index in [0.717, 1.165) is 12.8 Å². The van der Waals surface area contributed by atoms with Crippen molar-refractivity contribution in [2.45, 2.75) is 90.4 Å². The summed E-state index contributed by atoms with van der Waals surface area (Å²) in [4.78, 5) is 41.2. The van der Waals surface area contributed by atoms with Crippen molar-refractivity contribution in [3.63, 3.8) is 0 Å². The zero-order valence-corrected chi connectivity index (χ0v) is 16.3. The van der Waals surface area contributed by atoms with E-state index in [1.54, 1.807) is 0 Å². The van der Waals surface area contributed by atoms with Crippen LogP contribution < -0.4 is 0 Å². The maximum atomic E-state index is 11.2. The molecule has 0 rings (SSSR count). The number of hydrogen-bond donors (Lipinski definition) is 3. The predicted molar refractivity (Wildman–Crippen MR) is 99.6 cm³/mol. The molecule has 158 valence electrons. The Morgan fingerprint density at radius 1 is 0.593 bits per heavy atom. The van der Waals surface area contributed by atoms with Gasteiger partial charge in [-0.25, -0.2) is 0 Å². The van der Waals surface area contributed by atoms with Crippen molar-refractivity contribution >= 4 is 23.9 Å². The number of ether oxygens (including phenoxy) is 1. The van der Waals surface area contributed by atoms with Crippen molar-refractivity contribution in [3.05, 3.63) is 0 Å². The molecule has 0 saturated carbocycles. The molecule has 3 N–H and O–H groups in total. The van der Waals surface area contributed by atoms with Crippen molar-refractivity contribution in [2.24, 2.45) is 0 Å². The van der Waals surface area contributed by atoms with Crippen molar-refractivity contribution in [1.82, 2.24) is 0 Å². The summed E-state index contributed by atoms with van der Waals surface area (Å²) in [6.07, 6.45) is 8.32. The van der Waals surface area contributed by atoms with Gasteiger partial charge in [-0.15, -0.1) is 0 Å². The highest BCUT2D eigenvalue weighted by molar-refractivity contribution is 5.69. The van der Waals surface area contributed by atoms with Crippen LogP contribution in [0.2, 0.25) is 0 Å². The zero-order chi connectivity index (χ0) is 20.9. The summed E-state index contributed by atoms with van der Waals surface area (Å²) >= 11 is 0. The van der Waals surface area contributed by atoms with Gasteiger partial charge in [0, 0.05) is 25.7 Å². The molecule has 0 bridgehead atoms. The molecule has 0 atom stereocenters. The van der Waals surface area contributed by atoms with Gasteiger partial charge in [-0.3, -0.25) is 19.2 Å². The molecular weight excluding hydrogens is 356 g/mol. The molecule has 0 aromatic rings. The molecule has 0 aromatic carbocycles. The molecule has 0 radical (unpaired) electrons. The molecule has 0 unspecified atom stereocenters. The molecule has 27 heavy (non-hydrogen) atoms. The molecule has 0 aromatic heterocycles. The minimum Gasteiger partial charge on any atom is -0.481 e. The van der Waals surface area contributed by atoms with Gasteiger partial charge in [0.25, 0.3) is 0 Å². The van der Waals surface area contributed by atoms with Crippen molar-refractivity contribution < 1.29 is 39.2 Å². The topological polar surface area (TPSA) is 138 Å². The molecule has 0 aliphatic carbocycles. The third kappa shape index (κ3) is 28.9. The van der Waals surface area contributed by atoms with Gasteiger partial charge in [0.2, 0.25) is 0 Å². The Bertz CT molecular complexity index is 404. The Hall–Kier alpha value is -2.12. The highest BCUT2D eigenvalue weighted by atomic mass is 16.5. The average Bonchev–Trinajstić information content (AvgIpc) is 2.59. The third-order valence-electron chi connectivity index (χ3n) is 3.56. The summed E-state index contributed by atoms with van der Waals surface area (Å²) in [7, 11) is 0. The first-order valence-corrected chi connectivity index (χ1v) is 9.60. The van der Waals surface area contributed by atoms with Crippen LogP contribution in [0.5, 0.6) is 0 Å². The van der Waals surface area contributed by atoms with Crippen molar-refractivity contribution in [2.75, 3.05) is 6.61 Å². The Kier molecular flexibility index (Phi) is 20.3. The van der Waals surface area contributed by atoms with E-state index in [9.17, 15) is 19.2 Å². The summed E-state index contributed by atoms with van der Waals surface area (Å²) in [6.45, 7) is 2.67. The number of hydrogen-bond acceptors (Lipinski definition) is 5. The second kappa shape index (κ2) is 20.2. The van der Waals surface area contributed by atoms with Crippen LogP contribution in [0.1, 0.15) is 90.4 Å². The van der Waals surface area contributed by atoms with E-state index in [1.165, 1.54) is 19.3 Å². The number of unbranched alkanes of at least 4 members (excludes halogenated alkanes) is 6. The monoisotopic (exact) mass is 390 g/mol. The van der Waals surface area contributed by atoms with E-state index < -0.39 is 17.9 Å². The normalized spacial score (nSPS) is 9.81. The van der Waals surface area contributed by atoms with Gasteiger partial charge in [0.1, 0.15) is 0 Å². The minimum atomic E-state index is -0.870. The van der Waals surface area contributed by atoms with Gasteiger partial charge < -0.3 is 20.1 Å². The van der Waals surface area contributed by atoms with Crippen LogP contribution in [-0.4, -0.2) is 45.8 Å². The molecule has 0 amide bonds. The average molecular weight is 390 g/mol. The SMILES string of the molecule is CCCCCCCOC(=O)CCCCC(=O)O.O=C(O)CCCCC(=O)O. The van der Waals surface area contributed by atoms with Crippen molar-refractivity contribution in [3.8, 4) is 0 Å². The second-order valence-electron chi connectivity index (χ2n) is 6.23. The lowest BCUT2D eigenvalue weighted by atomic mass is 10.2. The summed E-state index contributed by atoms with van der Waals surface area (Å²) in [6, 6.07) is 0. The molecule has 8 heteroatoms. The van der Waals surface area contributed by atoms with E-state index in [2.05, 4.69) is 6.92 Å². The first-order chi connectivity index (χ1) is 12.8. The molecule has 0 spiro atoms. The zero-order valence-electron chi connectivity index (χ0n) is 16.3. The van der Waals surface area contributed by atoms with E-state index in [0.29, 0.717) is 38.7 Å². The van der Waals surface area contributed by atoms with E-state index in [1.807, 2.05) is 0 Å². The first-order valence-electron chi connectivity index (χ1n) is 9.60. The Labute approximate surface area is 160 Å². The summed E-state index contributed by atoms with van der Waals surface area (Å²) in [5, 5.41) is 24.7. The van der Waals surface area contributed by atoms with Crippen molar-refractivity contribution in [1.29, 1.82) is 0 Å². The standard InChI is InChI=1S/C13H24O4.C6H10O4/c1-2-3-4-5-8-11-17-13(16)10-7-6-9-12(14)15;7-5(8)3-1-2-4-6(9)10/h2-11H2,1H3,(H,14,15);1-4H2,(H,7,8)(H,9,10). The predicted octanol–water partition coefficient (Wildman–Crippen LogP) is 3.86. The van der Waals surface area contributed by atoms with Crippen LogP contribution in [-0.2, 0) is 23.9 Å². The molecule has 8 nitrogen and oxygen atoms in total. The van der Waals surface area contributed by atoms with Crippen LogP contribution in [0.25, 0.3) is 0 Å². The number of esters is 1. The molecule has 0 aliphatic rings. The van der Waals surface area contributed by atoms with E-state index in [4.69, 9.17) is 20.1 Å². The van der Waals surface area contributed by atoms with Gasteiger partial charge in [0.15, 0.2) is 0 Å². The number of carboxylic acids is 3. The Balaban J connectivity index is 0. The Morgan fingerprint density at radius 3 is 1.41 bits per heavy atom. The molecule has 0 heterocycles. The molecule has 0 saturated heterocycles. The summed E-state index contributed by atoms with van der Waals surface area (Å²) in [5.41, 5.74) is 0. The van der Waals surface area contributed by atoms with Crippen LogP contribution >= 0.6 is 0 Å². The summed E-state index contributed by atoms with van der Waals surface area (Å²) in [5.74, 6) is -2.75. The smallest absolute Gasteiger partial charge is 0.305 e. The van der Waals surface area contributed by atoms with Crippen LogP contribution in [0.4, 0.5) is 0 Å². The lowest BCUT2D eigenvalue weighted by Crippen LogP contribution is -2.06. The third-order valence-corrected chi connectivity index (χ3v) is 3.56. The van der Waals surface area contributed by atoms with Gasteiger partial charge in [0.05, 0.1) is 6.61 Å². The van der Waals surface area contributed by atoms with Crippen LogP contribution in [0.3, 0.4) is 0 Å². The number of aliphatic carboxylic acids is 3. The van der Waals surface area contributed by atoms with Gasteiger partial charge in [-0.1, -0.05) is 32.6 Å². The fourth-order valence-corrected chi connectivity index (χ4v) is 2.06. The fraction of sp³-hybridized carbons (Fsp3) is 0.789. The fourth-order valence-electron chi connectivity index (χ4n) is 2.06. The quantitative estimate of drug-likeness (QED) is 0.267. The highest BCUT2D eigenvalue weighted by Gasteiger charge is 2.03. The number of carbonyl (C=O) groups excluding carboxylic acids is 1. The van der Waals surface area contributed by atoms with Gasteiger partial charge in [-0.2, -0.15) is 0 Å². The highest BCUT2D eigenvalue weighted by Crippen LogP contribution is 2.05. The van der Waals surface area contributed by atoms with E-state index >= 15 is 0 Å². The minimum absolute atomic E-state index is 0.0628. The number of carbonyl (C=O) groups is 4. The molecule has 0 fully saturated rings. The van der Waals surface area contributed by atoms with E-state index in [-0.39, 0.29) is 25.2 Å². The number of carboxylic acid groups (broad SMARTS) is 3. The van der Waals surface area contributed by atoms with Gasteiger partial charge >= 0.3 is 23.9 Å². The maximum absolute atomic E-state index is 11.2. The maximum Gasteiger partial charge on any atom is 0.305 e. The number of rotatable bonds is 16. The van der Waals surface area contributed by atoms with Gasteiger partial charge in [-0.05, 0) is 32.1 Å². The van der Waals surface area contributed by atoms with Crippen LogP contribution in [0, 0.1) is 0 Å². The molecular formula is C19H34O8.